The number of carbonyl (C=O) groups excluding carboxylic acids is 3. The van der Waals surface area contributed by atoms with E-state index in [9.17, 15) is 18.8 Å². The summed E-state index contributed by atoms with van der Waals surface area (Å²) in [6.45, 7) is 8.53. The van der Waals surface area contributed by atoms with Gasteiger partial charge < -0.3 is 15.5 Å². The van der Waals surface area contributed by atoms with Crippen LogP contribution in [0.15, 0.2) is 47.5 Å². The number of benzene rings is 2. The van der Waals surface area contributed by atoms with Crippen molar-refractivity contribution in [2.75, 3.05) is 31.5 Å². The number of halogens is 1. The van der Waals surface area contributed by atoms with Crippen molar-refractivity contribution >= 4 is 29.2 Å². The van der Waals surface area contributed by atoms with E-state index in [0.29, 0.717) is 49.9 Å². The zero-order valence-corrected chi connectivity index (χ0v) is 21.6. The molecule has 0 unspecified atom stereocenters. The topological polar surface area (TPSA) is 94.1 Å². The third-order valence-electron chi connectivity index (χ3n) is 6.65. The lowest BCUT2D eigenvalue weighted by molar-refractivity contribution is 0.0494. The molecule has 0 aromatic heterocycles. The van der Waals surface area contributed by atoms with Gasteiger partial charge in [-0.2, -0.15) is 0 Å². The first-order valence-corrected chi connectivity index (χ1v) is 12.7. The number of anilines is 1. The predicted molar refractivity (Wildman–Crippen MR) is 141 cm³/mol. The highest BCUT2D eigenvalue weighted by Gasteiger charge is 2.28. The number of amides is 4. The van der Waals surface area contributed by atoms with Crippen molar-refractivity contribution in [1.82, 2.24) is 15.1 Å². The second-order valence-corrected chi connectivity index (χ2v) is 10.1. The highest BCUT2D eigenvalue weighted by Crippen LogP contribution is 2.27. The van der Waals surface area contributed by atoms with Crippen molar-refractivity contribution < 1.29 is 18.8 Å². The van der Waals surface area contributed by atoms with Crippen molar-refractivity contribution in [2.45, 2.75) is 46.2 Å². The molecule has 8 nitrogen and oxygen atoms in total. The van der Waals surface area contributed by atoms with Gasteiger partial charge in [-0.05, 0) is 75.4 Å². The van der Waals surface area contributed by atoms with Crippen LogP contribution in [-0.4, -0.2) is 65.6 Å². The molecule has 2 aromatic rings. The van der Waals surface area contributed by atoms with Crippen LogP contribution in [0, 0.1) is 11.7 Å². The van der Waals surface area contributed by atoms with Crippen LogP contribution in [0.25, 0.3) is 0 Å². The van der Waals surface area contributed by atoms with E-state index >= 15 is 0 Å². The van der Waals surface area contributed by atoms with Gasteiger partial charge >= 0.3 is 6.03 Å². The minimum absolute atomic E-state index is 0.0449. The summed E-state index contributed by atoms with van der Waals surface area (Å²) in [6, 6.07) is 11.2. The molecule has 0 spiro atoms. The summed E-state index contributed by atoms with van der Waals surface area (Å²) in [5, 5.41) is 5.24. The average Bonchev–Trinajstić information content (AvgIpc) is 3.69. The SMILES string of the molecule is CC(C)=NC(=O)c1cccc(CN2CCN(C(=O)c3ccc(NC(=O)NCC4CC4)c(F)c3)C[C@H]2C)c1. The molecule has 1 atom stereocenters. The van der Waals surface area contributed by atoms with Gasteiger partial charge in [-0.15, -0.1) is 0 Å². The molecule has 4 rings (SSSR count). The van der Waals surface area contributed by atoms with Crippen molar-refractivity contribution in [2.24, 2.45) is 10.9 Å². The largest absolute Gasteiger partial charge is 0.338 e. The number of hydrogen-bond donors (Lipinski definition) is 2. The fraction of sp³-hybridized carbons (Fsp3) is 0.429. The Morgan fingerprint density at radius 3 is 2.51 bits per heavy atom. The van der Waals surface area contributed by atoms with E-state index in [0.717, 1.165) is 18.4 Å². The Morgan fingerprint density at radius 1 is 1.05 bits per heavy atom. The van der Waals surface area contributed by atoms with E-state index in [1.807, 2.05) is 25.1 Å². The van der Waals surface area contributed by atoms with Crippen LogP contribution in [0.2, 0.25) is 0 Å². The maximum Gasteiger partial charge on any atom is 0.319 e. The highest BCUT2D eigenvalue weighted by molar-refractivity contribution is 6.02. The molecule has 37 heavy (non-hydrogen) atoms. The fourth-order valence-electron chi connectivity index (χ4n) is 4.38. The Balaban J connectivity index is 1.32. The first kappa shape index (κ1) is 26.5. The molecule has 2 aromatic carbocycles. The molecule has 9 heteroatoms. The number of aliphatic imine (C=N–C) groups is 1. The van der Waals surface area contributed by atoms with Crippen LogP contribution in [0.1, 0.15) is 59.9 Å². The van der Waals surface area contributed by atoms with Crippen LogP contribution in [0.3, 0.4) is 0 Å². The molecular formula is C28H34FN5O3. The Morgan fingerprint density at radius 2 is 1.84 bits per heavy atom. The summed E-state index contributed by atoms with van der Waals surface area (Å²) in [6.07, 6.45) is 2.22. The summed E-state index contributed by atoms with van der Waals surface area (Å²) in [5.74, 6) is -0.609. The van der Waals surface area contributed by atoms with Crippen LogP contribution in [0.5, 0.6) is 0 Å². The molecule has 0 radical (unpaired) electrons. The van der Waals surface area contributed by atoms with Gasteiger partial charge in [0, 0.05) is 55.6 Å². The lowest BCUT2D eigenvalue weighted by atomic mass is 10.1. The van der Waals surface area contributed by atoms with E-state index in [2.05, 4.69) is 20.5 Å². The van der Waals surface area contributed by atoms with Crippen molar-refractivity contribution in [3.05, 3.63) is 65.0 Å². The highest BCUT2D eigenvalue weighted by atomic mass is 19.1. The van der Waals surface area contributed by atoms with Crippen molar-refractivity contribution in [1.29, 1.82) is 0 Å². The standard InChI is InChI=1S/C28H34FN5O3/c1-18(2)31-26(35)22-6-4-5-21(13-22)17-33-11-12-34(16-19(33)3)27(36)23-9-10-25(24(29)14-23)32-28(37)30-15-20-7-8-20/h4-6,9-10,13-14,19-20H,7-8,11-12,15-17H2,1-3H3,(H2,30,32,37)/t19-/m1/s1. The molecule has 2 N–H and O–H groups in total. The Bertz CT molecular complexity index is 1210. The normalized spacial score (nSPS) is 17.7. The Kier molecular flexibility index (Phi) is 8.33. The molecule has 196 valence electrons. The third-order valence-corrected chi connectivity index (χ3v) is 6.65. The number of nitrogens with one attached hydrogen (secondary N) is 2. The molecular weight excluding hydrogens is 473 g/mol. The van der Waals surface area contributed by atoms with Gasteiger partial charge in [-0.1, -0.05) is 12.1 Å². The van der Waals surface area contributed by atoms with Gasteiger partial charge in [0.1, 0.15) is 5.82 Å². The second kappa shape index (κ2) is 11.6. The zero-order valence-electron chi connectivity index (χ0n) is 21.6. The number of rotatable bonds is 7. The summed E-state index contributed by atoms with van der Waals surface area (Å²) < 4.78 is 14.6. The number of urea groups is 1. The molecule has 2 aliphatic rings. The van der Waals surface area contributed by atoms with Crippen LogP contribution in [-0.2, 0) is 6.54 Å². The first-order chi connectivity index (χ1) is 17.7. The fourth-order valence-corrected chi connectivity index (χ4v) is 4.38. The molecule has 4 amide bonds. The number of piperazine rings is 1. The van der Waals surface area contributed by atoms with Gasteiger partial charge in [0.2, 0.25) is 0 Å². The quantitative estimate of drug-likeness (QED) is 0.546. The average molecular weight is 508 g/mol. The molecule has 2 fully saturated rings. The lowest BCUT2D eigenvalue weighted by Crippen LogP contribution is -2.53. The molecule has 1 aliphatic heterocycles. The summed E-state index contributed by atoms with van der Waals surface area (Å²) >= 11 is 0. The first-order valence-electron chi connectivity index (χ1n) is 12.7. The van der Waals surface area contributed by atoms with E-state index in [1.165, 1.54) is 12.1 Å². The molecule has 1 heterocycles. The van der Waals surface area contributed by atoms with Crippen LogP contribution in [0.4, 0.5) is 14.9 Å². The van der Waals surface area contributed by atoms with Gasteiger partial charge in [0.15, 0.2) is 0 Å². The summed E-state index contributed by atoms with van der Waals surface area (Å²) in [5.41, 5.74) is 2.57. The summed E-state index contributed by atoms with van der Waals surface area (Å²) in [4.78, 5) is 45.3. The van der Waals surface area contributed by atoms with E-state index < -0.39 is 11.8 Å². The van der Waals surface area contributed by atoms with Gasteiger partial charge in [-0.25, -0.2) is 14.2 Å². The lowest BCUT2D eigenvalue weighted by Gasteiger charge is -2.40. The predicted octanol–water partition coefficient (Wildman–Crippen LogP) is 4.32. The minimum Gasteiger partial charge on any atom is -0.338 e. The molecule has 0 bridgehead atoms. The van der Waals surface area contributed by atoms with Gasteiger partial charge in [0.25, 0.3) is 11.8 Å². The van der Waals surface area contributed by atoms with Crippen molar-refractivity contribution in [3.8, 4) is 0 Å². The minimum atomic E-state index is -0.642. The van der Waals surface area contributed by atoms with E-state index in [4.69, 9.17) is 0 Å². The van der Waals surface area contributed by atoms with Crippen LogP contribution >= 0.6 is 0 Å². The smallest absolute Gasteiger partial charge is 0.319 e. The Hall–Kier alpha value is -3.59. The Labute approximate surface area is 216 Å². The molecule has 1 saturated heterocycles. The van der Waals surface area contributed by atoms with Gasteiger partial charge in [-0.3, -0.25) is 14.5 Å². The monoisotopic (exact) mass is 507 g/mol. The summed E-state index contributed by atoms with van der Waals surface area (Å²) in [7, 11) is 0. The third kappa shape index (κ3) is 7.22. The molecule has 1 saturated carbocycles. The number of nitrogens with zero attached hydrogens (tertiary/aromatic N) is 3. The number of hydrogen-bond acceptors (Lipinski definition) is 4. The van der Waals surface area contributed by atoms with E-state index in [-0.39, 0.29) is 29.1 Å². The van der Waals surface area contributed by atoms with Crippen LogP contribution < -0.4 is 10.6 Å². The second-order valence-electron chi connectivity index (χ2n) is 10.1. The maximum absolute atomic E-state index is 14.6. The zero-order chi connectivity index (χ0) is 26.5. The van der Waals surface area contributed by atoms with E-state index in [1.54, 1.807) is 30.9 Å². The van der Waals surface area contributed by atoms with Crippen molar-refractivity contribution in [3.63, 3.8) is 0 Å². The molecule has 1 aliphatic carbocycles. The maximum atomic E-state index is 14.6. The number of carbonyl (C=O) groups is 3. The van der Waals surface area contributed by atoms with Gasteiger partial charge in [0.05, 0.1) is 5.69 Å².